The van der Waals surface area contributed by atoms with E-state index in [9.17, 15) is 8.42 Å². The fourth-order valence-corrected chi connectivity index (χ4v) is 4.06. The summed E-state index contributed by atoms with van der Waals surface area (Å²) in [6, 6.07) is 0.0192. The molecule has 6 nitrogen and oxygen atoms in total. The van der Waals surface area contributed by atoms with Crippen molar-refractivity contribution >= 4 is 10.0 Å². The average molecular weight is 286 g/mol. The van der Waals surface area contributed by atoms with Gasteiger partial charge in [-0.25, -0.2) is 13.1 Å². The third-order valence-corrected chi connectivity index (χ3v) is 5.14. The summed E-state index contributed by atoms with van der Waals surface area (Å²) in [6.45, 7) is 4.82. The molecular weight excluding hydrogens is 264 g/mol. The fourth-order valence-electron chi connectivity index (χ4n) is 2.66. The van der Waals surface area contributed by atoms with Gasteiger partial charge in [-0.2, -0.15) is 5.10 Å². The second kappa shape index (κ2) is 5.22. The van der Waals surface area contributed by atoms with Crippen LogP contribution in [0.4, 0.5) is 0 Å². The Kier molecular flexibility index (Phi) is 3.98. The van der Waals surface area contributed by atoms with Crippen molar-refractivity contribution in [2.45, 2.75) is 50.7 Å². The van der Waals surface area contributed by atoms with E-state index in [1.165, 1.54) is 0 Å². The summed E-state index contributed by atoms with van der Waals surface area (Å²) in [7, 11) is -1.74. The van der Waals surface area contributed by atoms with Crippen LogP contribution in [0.5, 0.6) is 0 Å². The molecule has 19 heavy (non-hydrogen) atoms. The predicted molar refractivity (Wildman–Crippen MR) is 73.1 cm³/mol. The highest BCUT2D eigenvalue weighted by atomic mass is 32.2. The van der Waals surface area contributed by atoms with Crippen molar-refractivity contribution in [2.75, 3.05) is 7.05 Å². The number of nitrogens with one attached hydrogen (secondary N) is 3. The van der Waals surface area contributed by atoms with Crippen LogP contribution in [-0.4, -0.2) is 31.7 Å². The third kappa shape index (κ3) is 3.34. The summed E-state index contributed by atoms with van der Waals surface area (Å²) < 4.78 is 27.5. The van der Waals surface area contributed by atoms with Crippen LogP contribution in [0, 0.1) is 5.41 Å². The largest absolute Gasteiger partial charge is 0.316 e. The first kappa shape index (κ1) is 14.5. The summed E-state index contributed by atoms with van der Waals surface area (Å²) in [4.78, 5) is 0. The minimum absolute atomic E-state index is 0.0192. The van der Waals surface area contributed by atoms with Crippen LogP contribution in [0.1, 0.15) is 38.7 Å². The summed E-state index contributed by atoms with van der Waals surface area (Å²) in [5.41, 5.74) is 0.877. The van der Waals surface area contributed by atoms with Crippen LogP contribution in [0.15, 0.2) is 11.2 Å². The highest BCUT2D eigenvalue weighted by Crippen LogP contribution is 2.37. The Balaban J connectivity index is 2.12. The van der Waals surface area contributed by atoms with Crippen molar-refractivity contribution in [3.63, 3.8) is 0 Å². The second-order valence-corrected chi connectivity index (χ2v) is 7.63. The molecule has 1 saturated carbocycles. The molecule has 1 fully saturated rings. The normalized spacial score (nSPS) is 22.8. The van der Waals surface area contributed by atoms with Gasteiger partial charge < -0.3 is 5.32 Å². The Morgan fingerprint density at radius 2 is 2.26 bits per heavy atom. The maximum Gasteiger partial charge on any atom is 0.258 e. The monoisotopic (exact) mass is 286 g/mol. The number of H-pyrrole nitrogens is 1. The van der Waals surface area contributed by atoms with Crippen molar-refractivity contribution in [3.05, 3.63) is 11.8 Å². The van der Waals surface area contributed by atoms with Gasteiger partial charge in [-0.3, -0.25) is 5.10 Å². The van der Waals surface area contributed by atoms with Gasteiger partial charge in [-0.15, -0.1) is 0 Å². The number of rotatable bonds is 5. The average Bonchev–Trinajstić information content (AvgIpc) is 2.86. The molecule has 1 unspecified atom stereocenters. The van der Waals surface area contributed by atoms with E-state index in [2.05, 4.69) is 34.1 Å². The highest BCUT2D eigenvalue weighted by molar-refractivity contribution is 7.89. The van der Waals surface area contributed by atoms with Crippen molar-refractivity contribution in [2.24, 2.45) is 5.41 Å². The first-order chi connectivity index (χ1) is 8.84. The fraction of sp³-hybridized carbons (Fsp3) is 0.750. The van der Waals surface area contributed by atoms with Crippen molar-refractivity contribution in [1.82, 2.24) is 20.2 Å². The van der Waals surface area contributed by atoms with E-state index in [1.54, 1.807) is 13.2 Å². The molecule has 1 aromatic heterocycles. The number of aromatic amines is 1. The second-order valence-electron chi connectivity index (χ2n) is 5.98. The van der Waals surface area contributed by atoms with Gasteiger partial charge in [-0.1, -0.05) is 13.8 Å². The Bertz CT molecular complexity index is 536. The molecule has 1 aliphatic rings. The number of sulfonamides is 1. The van der Waals surface area contributed by atoms with Gasteiger partial charge in [0.25, 0.3) is 10.0 Å². The summed E-state index contributed by atoms with van der Waals surface area (Å²) >= 11 is 0. The van der Waals surface area contributed by atoms with E-state index in [0.717, 1.165) is 19.3 Å². The molecule has 0 spiro atoms. The minimum Gasteiger partial charge on any atom is -0.316 e. The zero-order valence-corrected chi connectivity index (χ0v) is 12.5. The van der Waals surface area contributed by atoms with Gasteiger partial charge in [0.15, 0.2) is 5.03 Å². The van der Waals surface area contributed by atoms with E-state index in [0.29, 0.717) is 12.1 Å². The Hall–Kier alpha value is -0.920. The van der Waals surface area contributed by atoms with Gasteiger partial charge >= 0.3 is 0 Å². The molecule has 0 radical (unpaired) electrons. The molecule has 3 N–H and O–H groups in total. The molecule has 1 aliphatic carbocycles. The standard InChI is InChI=1S/C12H22N4O2S/c1-12(2)5-4-10(6-12)16-19(17,18)11-9(7-13-3)8-14-15-11/h8,10,13,16H,4-7H2,1-3H3,(H,14,15). The van der Waals surface area contributed by atoms with E-state index in [1.807, 2.05) is 0 Å². The molecule has 7 heteroatoms. The van der Waals surface area contributed by atoms with Crippen LogP contribution in [0.2, 0.25) is 0 Å². The van der Waals surface area contributed by atoms with Crippen molar-refractivity contribution < 1.29 is 8.42 Å². The van der Waals surface area contributed by atoms with E-state index >= 15 is 0 Å². The SMILES string of the molecule is CNCc1cn[nH]c1S(=O)(=O)NC1CCC(C)(C)C1. The van der Waals surface area contributed by atoms with Gasteiger partial charge in [-0.05, 0) is 31.7 Å². The zero-order chi connectivity index (χ0) is 14.1. The molecule has 1 aromatic rings. The smallest absolute Gasteiger partial charge is 0.258 e. The summed E-state index contributed by atoms with van der Waals surface area (Å²) in [5, 5.41) is 9.52. The topological polar surface area (TPSA) is 86.9 Å². The van der Waals surface area contributed by atoms with E-state index in [4.69, 9.17) is 0 Å². The quantitative estimate of drug-likeness (QED) is 0.753. The summed E-state index contributed by atoms with van der Waals surface area (Å²) in [6.07, 6.45) is 4.36. The molecule has 0 saturated heterocycles. The molecule has 2 rings (SSSR count). The molecule has 0 amide bonds. The lowest BCUT2D eigenvalue weighted by atomic mass is 9.92. The molecule has 0 bridgehead atoms. The number of nitrogens with zero attached hydrogens (tertiary/aromatic N) is 1. The first-order valence-corrected chi connectivity index (χ1v) is 8.01. The van der Waals surface area contributed by atoms with Crippen LogP contribution >= 0.6 is 0 Å². The van der Waals surface area contributed by atoms with Crippen molar-refractivity contribution in [1.29, 1.82) is 0 Å². The van der Waals surface area contributed by atoms with Crippen LogP contribution < -0.4 is 10.0 Å². The molecule has 108 valence electrons. The van der Waals surface area contributed by atoms with Crippen LogP contribution in [-0.2, 0) is 16.6 Å². The molecule has 0 aromatic carbocycles. The molecular formula is C12H22N4O2S. The highest BCUT2D eigenvalue weighted by Gasteiger charge is 2.34. The Morgan fingerprint density at radius 1 is 1.53 bits per heavy atom. The Morgan fingerprint density at radius 3 is 2.84 bits per heavy atom. The zero-order valence-electron chi connectivity index (χ0n) is 11.7. The molecule has 1 heterocycles. The lowest BCUT2D eigenvalue weighted by Gasteiger charge is -2.17. The van der Waals surface area contributed by atoms with Gasteiger partial charge in [0.1, 0.15) is 0 Å². The lowest BCUT2D eigenvalue weighted by Crippen LogP contribution is -2.34. The van der Waals surface area contributed by atoms with E-state index in [-0.39, 0.29) is 16.5 Å². The molecule has 1 atom stereocenters. The number of aromatic nitrogens is 2. The molecule has 0 aliphatic heterocycles. The minimum atomic E-state index is -3.51. The third-order valence-electron chi connectivity index (χ3n) is 3.60. The van der Waals surface area contributed by atoms with Gasteiger partial charge in [0.2, 0.25) is 0 Å². The van der Waals surface area contributed by atoms with Crippen LogP contribution in [0.3, 0.4) is 0 Å². The van der Waals surface area contributed by atoms with Crippen molar-refractivity contribution in [3.8, 4) is 0 Å². The predicted octanol–water partition coefficient (Wildman–Crippen LogP) is 0.986. The Labute approximate surface area is 114 Å². The maximum atomic E-state index is 12.3. The lowest BCUT2D eigenvalue weighted by molar-refractivity contribution is 0.372. The summed E-state index contributed by atoms with van der Waals surface area (Å²) in [5.74, 6) is 0. The number of hydrogen-bond donors (Lipinski definition) is 3. The maximum absolute atomic E-state index is 12.3. The van der Waals surface area contributed by atoms with E-state index < -0.39 is 10.0 Å². The first-order valence-electron chi connectivity index (χ1n) is 6.53. The van der Waals surface area contributed by atoms with Gasteiger partial charge in [0, 0.05) is 18.2 Å². The van der Waals surface area contributed by atoms with Crippen LogP contribution in [0.25, 0.3) is 0 Å². The van der Waals surface area contributed by atoms with Gasteiger partial charge in [0.05, 0.1) is 6.20 Å². The number of hydrogen-bond acceptors (Lipinski definition) is 4.